The van der Waals surface area contributed by atoms with E-state index in [-0.39, 0.29) is 38.5 Å². The van der Waals surface area contributed by atoms with Crippen molar-refractivity contribution in [3.05, 3.63) is 0 Å². The van der Waals surface area contributed by atoms with E-state index in [0.29, 0.717) is 0 Å². The minimum absolute atomic E-state index is 0.0458. The Hall–Kier alpha value is -2.16. The number of amides is 2. The summed E-state index contributed by atoms with van der Waals surface area (Å²) in [6, 6.07) is -1.01. The average Bonchev–Trinajstić information content (AvgIpc) is 2.47. The van der Waals surface area contributed by atoms with Crippen LogP contribution in [-0.4, -0.2) is 84.0 Å². The summed E-state index contributed by atoms with van der Waals surface area (Å²) in [5.74, 6) is -1.87. The van der Waals surface area contributed by atoms with Crippen LogP contribution < -0.4 is 5.32 Å². The van der Waals surface area contributed by atoms with E-state index >= 15 is 0 Å². The van der Waals surface area contributed by atoms with Gasteiger partial charge in [-0.25, -0.2) is 0 Å². The van der Waals surface area contributed by atoms with Crippen LogP contribution in [-0.2, 0) is 28.7 Å². The standard InChI is InChI=1S/C19H33N3O6/c1-18(2,3)27-15(24)10-13-17(26)21(12-16(25)28-19(4,5)6)8-9-22(13)14(23)11-20-7/h13,20H,8-12H2,1-7H3. The summed E-state index contributed by atoms with van der Waals surface area (Å²) in [6.45, 7) is 10.6. The van der Waals surface area contributed by atoms with Crippen molar-refractivity contribution >= 4 is 23.8 Å². The quantitative estimate of drug-likeness (QED) is 0.641. The van der Waals surface area contributed by atoms with Gasteiger partial charge < -0.3 is 24.6 Å². The van der Waals surface area contributed by atoms with Gasteiger partial charge in [0.2, 0.25) is 11.8 Å². The van der Waals surface area contributed by atoms with E-state index in [4.69, 9.17) is 9.47 Å². The first kappa shape index (κ1) is 23.9. The number of hydrogen-bond acceptors (Lipinski definition) is 7. The maximum absolute atomic E-state index is 12.9. The zero-order valence-electron chi connectivity index (χ0n) is 18.0. The summed E-state index contributed by atoms with van der Waals surface area (Å²) in [4.78, 5) is 52.4. The van der Waals surface area contributed by atoms with E-state index in [2.05, 4.69) is 5.32 Å². The Labute approximate surface area is 166 Å². The second-order valence-corrected chi connectivity index (χ2v) is 8.77. The van der Waals surface area contributed by atoms with Crippen LogP contribution in [0.15, 0.2) is 0 Å². The summed E-state index contributed by atoms with van der Waals surface area (Å²) < 4.78 is 10.6. The summed E-state index contributed by atoms with van der Waals surface area (Å²) >= 11 is 0. The number of piperazine rings is 1. The molecule has 0 saturated carbocycles. The van der Waals surface area contributed by atoms with Crippen LogP contribution in [0.5, 0.6) is 0 Å². The molecule has 0 aliphatic carbocycles. The predicted molar refractivity (Wildman–Crippen MR) is 102 cm³/mol. The zero-order chi connectivity index (χ0) is 21.7. The number of esters is 2. The predicted octanol–water partition coefficient (Wildman–Crippen LogP) is 0.319. The van der Waals surface area contributed by atoms with Crippen LogP contribution in [0.4, 0.5) is 0 Å². The molecule has 1 N–H and O–H groups in total. The molecule has 1 saturated heterocycles. The topological polar surface area (TPSA) is 105 Å². The third-order valence-corrected chi connectivity index (χ3v) is 3.75. The van der Waals surface area contributed by atoms with E-state index in [1.807, 2.05) is 0 Å². The van der Waals surface area contributed by atoms with Crippen LogP contribution in [0.1, 0.15) is 48.0 Å². The number of carbonyl (C=O) groups excluding carboxylic acids is 4. The van der Waals surface area contributed by atoms with Crippen LogP contribution >= 0.6 is 0 Å². The largest absolute Gasteiger partial charge is 0.460 e. The molecule has 1 aliphatic rings. The monoisotopic (exact) mass is 399 g/mol. The highest BCUT2D eigenvalue weighted by Gasteiger charge is 2.40. The number of rotatable bonds is 6. The maximum atomic E-state index is 12.9. The van der Waals surface area contributed by atoms with Gasteiger partial charge in [0.05, 0.1) is 13.0 Å². The fourth-order valence-electron chi connectivity index (χ4n) is 2.81. The molecule has 0 radical (unpaired) electrons. The van der Waals surface area contributed by atoms with Crippen LogP contribution in [0, 0.1) is 0 Å². The Morgan fingerprint density at radius 2 is 1.54 bits per heavy atom. The van der Waals surface area contributed by atoms with Gasteiger partial charge in [-0.15, -0.1) is 0 Å². The molecular formula is C19H33N3O6. The molecule has 1 aliphatic heterocycles. The molecule has 1 unspecified atom stereocenters. The minimum atomic E-state index is -1.01. The second-order valence-electron chi connectivity index (χ2n) is 8.77. The molecule has 160 valence electrons. The molecule has 0 spiro atoms. The Morgan fingerprint density at radius 3 is 2.04 bits per heavy atom. The van der Waals surface area contributed by atoms with Gasteiger partial charge in [-0.05, 0) is 48.6 Å². The van der Waals surface area contributed by atoms with Crippen molar-refractivity contribution in [3.8, 4) is 0 Å². The molecule has 2 amide bonds. The lowest BCUT2D eigenvalue weighted by Gasteiger charge is -2.40. The number of ether oxygens (including phenoxy) is 2. The maximum Gasteiger partial charge on any atom is 0.326 e. The van der Waals surface area contributed by atoms with Gasteiger partial charge in [0.25, 0.3) is 0 Å². The molecule has 0 bridgehead atoms. The molecule has 1 fully saturated rings. The number of nitrogens with one attached hydrogen (secondary N) is 1. The first-order valence-electron chi connectivity index (χ1n) is 9.40. The first-order chi connectivity index (χ1) is 12.7. The van der Waals surface area contributed by atoms with Gasteiger partial charge in [-0.1, -0.05) is 0 Å². The van der Waals surface area contributed by atoms with Gasteiger partial charge in [0, 0.05) is 13.1 Å². The molecular weight excluding hydrogens is 366 g/mol. The van der Waals surface area contributed by atoms with Crippen molar-refractivity contribution in [2.45, 2.75) is 65.2 Å². The molecule has 9 heteroatoms. The molecule has 0 aromatic rings. The molecule has 1 rings (SSSR count). The summed E-state index contributed by atoms with van der Waals surface area (Å²) in [5.41, 5.74) is -1.37. The smallest absolute Gasteiger partial charge is 0.326 e. The Kier molecular flexibility index (Phi) is 7.98. The zero-order valence-corrected chi connectivity index (χ0v) is 18.0. The molecule has 1 heterocycles. The van der Waals surface area contributed by atoms with E-state index in [1.54, 1.807) is 48.6 Å². The van der Waals surface area contributed by atoms with Gasteiger partial charge >= 0.3 is 11.9 Å². The highest BCUT2D eigenvalue weighted by molar-refractivity contribution is 5.94. The van der Waals surface area contributed by atoms with Gasteiger partial charge in [-0.3, -0.25) is 19.2 Å². The molecule has 0 aromatic heterocycles. The number of hydrogen-bond donors (Lipinski definition) is 1. The summed E-state index contributed by atoms with van der Waals surface area (Å²) in [7, 11) is 1.63. The Balaban J connectivity index is 2.93. The fourth-order valence-corrected chi connectivity index (χ4v) is 2.81. The van der Waals surface area contributed by atoms with E-state index in [0.717, 1.165) is 0 Å². The lowest BCUT2D eigenvalue weighted by Crippen LogP contribution is -2.61. The SMILES string of the molecule is CNCC(=O)N1CCN(CC(=O)OC(C)(C)C)C(=O)C1CC(=O)OC(C)(C)C. The highest BCUT2D eigenvalue weighted by Crippen LogP contribution is 2.18. The average molecular weight is 399 g/mol. The minimum Gasteiger partial charge on any atom is -0.460 e. The summed E-state index contributed by atoms with van der Waals surface area (Å²) in [5, 5.41) is 2.75. The van der Waals surface area contributed by atoms with Gasteiger partial charge in [-0.2, -0.15) is 0 Å². The molecule has 9 nitrogen and oxygen atoms in total. The summed E-state index contributed by atoms with van der Waals surface area (Å²) in [6.07, 6.45) is -0.267. The third-order valence-electron chi connectivity index (χ3n) is 3.75. The molecule has 1 atom stereocenters. The highest BCUT2D eigenvalue weighted by atomic mass is 16.6. The van der Waals surface area contributed by atoms with Crippen molar-refractivity contribution in [1.29, 1.82) is 0 Å². The van der Waals surface area contributed by atoms with Crippen LogP contribution in [0.3, 0.4) is 0 Å². The van der Waals surface area contributed by atoms with E-state index in [1.165, 1.54) is 9.80 Å². The third kappa shape index (κ3) is 7.84. The van der Waals surface area contributed by atoms with Crippen molar-refractivity contribution in [2.24, 2.45) is 0 Å². The lowest BCUT2D eigenvalue weighted by molar-refractivity contribution is -0.166. The van der Waals surface area contributed by atoms with Gasteiger partial charge in [0.1, 0.15) is 23.8 Å². The van der Waals surface area contributed by atoms with Crippen molar-refractivity contribution in [2.75, 3.05) is 33.2 Å². The molecule has 28 heavy (non-hydrogen) atoms. The fraction of sp³-hybridized carbons (Fsp3) is 0.789. The van der Waals surface area contributed by atoms with E-state index < -0.39 is 35.1 Å². The first-order valence-corrected chi connectivity index (χ1v) is 9.40. The van der Waals surface area contributed by atoms with E-state index in [9.17, 15) is 19.2 Å². The number of likely N-dealkylation sites (N-methyl/N-ethyl adjacent to an activating group) is 1. The number of nitrogens with zero attached hydrogens (tertiary/aromatic N) is 2. The number of carbonyl (C=O) groups is 4. The van der Waals surface area contributed by atoms with Gasteiger partial charge in [0.15, 0.2) is 0 Å². The van der Waals surface area contributed by atoms with Crippen LogP contribution in [0.2, 0.25) is 0 Å². The van der Waals surface area contributed by atoms with Crippen molar-refractivity contribution in [1.82, 2.24) is 15.1 Å². The van der Waals surface area contributed by atoms with Crippen LogP contribution in [0.25, 0.3) is 0 Å². The Bertz CT molecular complexity index is 606. The van der Waals surface area contributed by atoms with Crippen molar-refractivity contribution in [3.63, 3.8) is 0 Å². The lowest BCUT2D eigenvalue weighted by atomic mass is 10.1. The van der Waals surface area contributed by atoms with Crippen molar-refractivity contribution < 1.29 is 28.7 Å². The second kappa shape index (κ2) is 9.36. The Morgan fingerprint density at radius 1 is 1.00 bits per heavy atom. The molecule has 0 aromatic carbocycles. The normalized spacial score (nSPS) is 18.1.